The molecule has 4 N–H and O–H groups in total. The fourth-order valence-electron chi connectivity index (χ4n) is 2.09. The third-order valence-electron chi connectivity index (χ3n) is 3.56. The number of hydrazine groups is 1. The normalized spacial score (nSPS) is 9.93. The summed E-state index contributed by atoms with van der Waals surface area (Å²) in [5.41, 5.74) is 5.66. The Morgan fingerprint density at radius 2 is 1.63 bits per heavy atom. The number of methoxy groups -OCH3 is 1. The average molecular weight is 439 g/mol. The maximum Gasteiger partial charge on any atom is 0.306 e. The first-order chi connectivity index (χ1) is 14.3. The van der Waals surface area contributed by atoms with Crippen molar-refractivity contribution in [1.29, 1.82) is 0 Å². The summed E-state index contributed by atoms with van der Waals surface area (Å²) in [6.07, 6.45) is 0.940. The second-order valence-electron chi connectivity index (χ2n) is 6.05. The number of amides is 3. The van der Waals surface area contributed by atoms with Crippen LogP contribution in [0.2, 0.25) is 0 Å². The van der Waals surface area contributed by atoms with Crippen molar-refractivity contribution in [3.05, 3.63) is 29.8 Å². The number of esters is 1. The van der Waals surface area contributed by atoms with Crippen molar-refractivity contribution in [2.45, 2.75) is 32.6 Å². The Morgan fingerprint density at radius 1 is 0.933 bits per heavy atom. The van der Waals surface area contributed by atoms with Gasteiger partial charge in [-0.3, -0.25) is 30.0 Å². The van der Waals surface area contributed by atoms with E-state index in [0.29, 0.717) is 17.7 Å². The summed E-state index contributed by atoms with van der Waals surface area (Å²) >= 11 is 4.92. The molecular formula is C19H26N4O6S. The lowest BCUT2D eigenvalue weighted by atomic mass is 10.2. The van der Waals surface area contributed by atoms with Crippen LogP contribution in [0.4, 0.5) is 5.69 Å². The molecule has 0 aliphatic carbocycles. The van der Waals surface area contributed by atoms with Crippen LogP contribution in [0.15, 0.2) is 24.3 Å². The lowest BCUT2D eigenvalue weighted by Crippen LogP contribution is -2.48. The van der Waals surface area contributed by atoms with E-state index in [2.05, 4.69) is 21.5 Å². The van der Waals surface area contributed by atoms with E-state index in [-0.39, 0.29) is 37.1 Å². The van der Waals surface area contributed by atoms with Crippen molar-refractivity contribution in [3.8, 4) is 0 Å². The summed E-state index contributed by atoms with van der Waals surface area (Å²) in [4.78, 5) is 46.8. The molecule has 11 heteroatoms. The van der Waals surface area contributed by atoms with Gasteiger partial charge in [0.05, 0.1) is 13.0 Å². The fourth-order valence-corrected chi connectivity index (χ4v) is 2.25. The third kappa shape index (κ3) is 10.5. The van der Waals surface area contributed by atoms with Crippen molar-refractivity contribution < 1.29 is 28.7 Å². The molecule has 10 nitrogen and oxygen atoms in total. The van der Waals surface area contributed by atoms with Crippen LogP contribution in [-0.4, -0.2) is 49.1 Å². The summed E-state index contributed by atoms with van der Waals surface area (Å²) in [6.45, 7) is 2.31. The van der Waals surface area contributed by atoms with E-state index in [4.69, 9.17) is 21.7 Å². The number of hydrogen-bond acceptors (Lipinski definition) is 7. The second-order valence-corrected chi connectivity index (χ2v) is 6.45. The number of benzene rings is 1. The highest BCUT2D eigenvalue weighted by molar-refractivity contribution is 7.80. The predicted molar refractivity (Wildman–Crippen MR) is 113 cm³/mol. The molecule has 1 aromatic carbocycles. The van der Waals surface area contributed by atoms with Crippen LogP contribution in [0.25, 0.3) is 0 Å². The first-order valence-electron chi connectivity index (χ1n) is 9.30. The Kier molecular flexibility index (Phi) is 11.7. The highest BCUT2D eigenvalue weighted by atomic mass is 32.1. The first-order valence-corrected chi connectivity index (χ1v) is 9.71. The van der Waals surface area contributed by atoms with Gasteiger partial charge < -0.3 is 20.1 Å². The predicted octanol–water partition coefficient (Wildman–Crippen LogP) is 1.03. The Balaban J connectivity index is 2.33. The lowest BCUT2D eigenvalue weighted by Gasteiger charge is -2.11. The minimum absolute atomic E-state index is 0.0966. The number of nitrogens with one attached hydrogen (secondary N) is 4. The zero-order valence-electron chi connectivity index (χ0n) is 16.9. The molecule has 0 saturated heterocycles. The topological polar surface area (TPSA) is 135 Å². The van der Waals surface area contributed by atoms with Gasteiger partial charge in [-0.2, -0.15) is 0 Å². The van der Waals surface area contributed by atoms with Gasteiger partial charge >= 0.3 is 5.97 Å². The molecule has 0 saturated carbocycles. The fraction of sp³-hybridized carbons (Fsp3) is 0.421. The molecule has 0 radical (unpaired) electrons. The number of anilines is 1. The highest BCUT2D eigenvalue weighted by Crippen LogP contribution is 2.10. The van der Waals surface area contributed by atoms with Crippen molar-refractivity contribution >= 4 is 46.7 Å². The highest BCUT2D eigenvalue weighted by Gasteiger charge is 2.11. The van der Waals surface area contributed by atoms with E-state index < -0.39 is 17.8 Å². The van der Waals surface area contributed by atoms with E-state index in [9.17, 15) is 19.2 Å². The number of rotatable bonds is 10. The van der Waals surface area contributed by atoms with Gasteiger partial charge in [0.1, 0.15) is 6.61 Å². The molecule has 0 spiro atoms. The van der Waals surface area contributed by atoms with Gasteiger partial charge in [0.2, 0.25) is 11.8 Å². The maximum atomic E-state index is 12.1. The molecule has 1 aromatic rings. The van der Waals surface area contributed by atoms with Gasteiger partial charge in [-0.1, -0.05) is 6.92 Å². The summed E-state index contributed by atoms with van der Waals surface area (Å²) in [7, 11) is 1.48. The van der Waals surface area contributed by atoms with Crippen LogP contribution >= 0.6 is 12.2 Å². The second kappa shape index (κ2) is 14.0. The van der Waals surface area contributed by atoms with Crippen molar-refractivity contribution in [1.82, 2.24) is 16.2 Å². The number of thiocarbonyl (C=S) groups is 1. The maximum absolute atomic E-state index is 12.1. The molecule has 1 rings (SSSR count). The minimum atomic E-state index is -0.524. The molecule has 3 amide bonds. The van der Waals surface area contributed by atoms with Crippen LogP contribution in [0.1, 0.15) is 43.0 Å². The molecule has 0 unspecified atom stereocenters. The van der Waals surface area contributed by atoms with Crippen molar-refractivity contribution in [2.75, 3.05) is 25.6 Å². The molecule has 30 heavy (non-hydrogen) atoms. The monoisotopic (exact) mass is 438 g/mol. The Hall–Kier alpha value is -3.05. The van der Waals surface area contributed by atoms with Crippen LogP contribution in [-0.2, 0) is 23.9 Å². The molecular weight excluding hydrogens is 412 g/mol. The van der Waals surface area contributed by atoms with Crippen LogP contribution in [0, 0.1) is 0 Å². The zero-order valence-corrected chi connectivity index (χ0v) is 17.7. The van der Waals surface area contributed by atoms with E-state index in [0.717, 1.165) is 6.42 Å². The molecule has 0 aromatic heterocycles. The number of carbonyl (C=O) groups excluding carboxylic acids is 4. The Labute approximate surface area is 180 Å². The quantitative estimate of drug-likeness (QED) is 0.184. The summed E-state index contributed by atoms with van der Waals surface area (Å²) < 4.78 is 9.58. The van der Waals surface area contributed by atoms with Crippen molar-refractivity contribution in [3.63, 3.8) is 0 Å². The molecule has 0 aliphatic heterocycles. The SMILES string of the molecule is CCCC(=O)Nc1ccc(C(=O)NNC(=S)NC(=O)CCC(=O)OCCOC)cc1. The van der Waals surface area contributed by atoms with E-state index >= 15 is 0 Å². The molecule has 0 atom stereocenters. The van der Waals surface area contributed by atoms with Crippen LogP contribution in [0.5, 0.6) is 0 Å². The number of carbonyl (C=O) groups is 4. The standard InChI is InChI=1S/C19H26N4O6S/c1-3-4-15(24)20-14-7-5-13(6-8-14)18(27)22-23-19(30)21-16(25)9-10-17(26)29-12-11-28-2/h5-8H,3-4,9-12H2,1-2H3,(H,20,24)(H,22,27)(H2,21,23,25,30). The molecule has 164 valence electrons. The van der Waals surface area contributed by atoms with Gasteiger partial charge in [-0.15, -0.1) is 0 Å². The van der Waals surface area contributed by atoms with E-state index in [1.54, 1.807) is 12.1 Å². The number of hydrogen-bond donors (Lipinski definition) is 4. The summed E-state index contributed by atoms with van der Waals surface area (Å²) in [5, 5.41) is 4.94. The van der Waals surface area contributed by atoms with Gasteiger partial charge in [-0.25, -0.2) is 0 Å². The molecule has 0 aliphatic rings. The lowest BCUT2D eigenvalue weighted by molar-refractivity contribution is -0.146. The molecule has 0 bridgehead atoms. The van der Waals surface area contributed by atoms with Gasteiger partial charge in [0.15, 0.2) is 5.11 Å². The summed E-state index contributed by atoms with van der Waals surface area (Å²) in [5.74, 6) is -1.61. The van der Waals surface area contributed by atoms with Crippen LogP contribution in [0.3, 0.4) is 0 Å². The molecule has 0 heterocycles. The van der Waals surface area contributed by atoms with E-state index in [1.165, 1.54) is 19.2 Å². The van der Waals surface area contributed by atoms with Crippen molar-refractivity contribution in [2.24, 2.45) is 0 Å². The zero-order chi connectivity index (χ0) is 22.4. The molecule has 0 fully saturated rings. The van der Waals surface area contributed by atoms with E-state index in [1.807, 2.05) is 6.92 Å². The van der Waals surface area contributed by atoms with Crippen LogP contribution < -0.4 is 21.5 Å². The third-order valence-corrected chi connectivity index (χ3v) is 3.76. The van der Waals surface area contributed by atoms with Gasteiger partial charge in [0.25, 0.3) is 5.91 Å². The Bertz CT molecular complexity index is 754. The number of ether oxygens (including phenoxy) is 2. The first kappa shape index (κ1) is 25.0. The summed E-state index contributed by atoms with van der Waals surface area (Å²) in [6, 6.07) is 6.29. The largest absolute Gasteiger partial charge is 0.463 e. The van der Waals surface area contributed by atoms with Gasteiger partial charge in [-0.05, 0) is 42.9 Å². The smallest absolute Gasteiger partial charge is 0.306 e. The Morgan fingerprint density at radius 3 is 2.27 bits per heavy atom. The van der Waals surface area contributed by atoms with Gasteiger partial charge in [0, 0.05) is 31.2 Å². The minimum Gasteiger partial charge on any atom is -0.463 e. The average Bonchev–Trinajstić information content (AvgIpc) is 2.71.